The van der Waals surface area contributed by atoms with Crippen molar-refractivity contribution in [1.82, 2.24) is 0 Å². The van der Waals surface area contributed by atoms with Gasteiger partial charge in [-0.1, -0.05) is 0 Å². The standard InChI is InChI=1S/C11H18NO2.U/c1-8-3-5-10(12)6-4-9(7-8)11(13)14-2;/h3-7,12H2,1-2H3;/q-3;+3. The first-order valence-corrected chi connectivity index (χ1v) is 4.98. The van der Waals surface area contributed by atoms with Crippen LogP contribution < -0.4 is 5.73 Å². The third-order valence-corrected chi connectivity index (χ3v) is 2.61. The Morgan fingerprint density at radius 1 is 1.27 bits per heavy atom. The van der Waals surface area contributed by atoms with Crippen molar-refractivity contribution in [3.05, 3.63) is 17.9 Å². The molecule has 2 N–H and O–H groups in total. The van der Waals surface area contributed by atoms with E-state index in [1.807, 2.05) is 0 Å². The maximum absolute atomic E-state index is 11.4. The van der Waals surface area contributed by atoms with Gasteiger partial charge in [0.2, 0.25) is 0 Å². The predicted molar refractivity (Wildman–Crippen MR) is 54.7 cm³/mol. The summed E-state index contributed by atoms with van der Waals surface area (Å²) in [4.78, 5) is 11.4. The summed E-state index contributed by atoms with van der Waals surface area (Å²) < 4.78 is 4.73. The van der Waals surface area contributed by atoms with Crippen LogP contribution >= 0.6 is 0 Å². The predicted octanol–water partition coefficient (Wildman–Crippen LogP) is 1.78. The van der Waals surface area contributed by atoms with Gasteiger partial charge in [0, 0.05) is 0 Å². The molecule has 0 unspecified atom stereocenters. The van der Waals surface area contributed by atoms with Crippen molar-refractivity contribution in [1.29, 1.82) is 0 Å². The van der Waals surface area contributed by atoms with Crippen molar-refractivity contribution in [2.75, 3.05) is 7.11 Å². The molecular weight excluding hydrogens is 416 g/mol. The minimum Gasteiger partial charge on any atom is -0.491 e. The Balaban J connectivity index is 0.00000196. The van der Waals surface area contributed by atoms with E-state index in [4.69, 9.17) is 10.5 Å². The molecule has 3 nitrogen and oxygen atoms in total. The summed E-state index contributed by atoms with van der Waals surface area (Å²) in [6, 6.07) is 0.991. The molecule has 83 valence electrons. The van der Waals surface area contributed by atoms with Crippen LogP contribution in [0.5, 0.6) is 0 Å². The zero-order chi connectivity index (χ0) is 10.6. The minimum atomic E-state index is -0.181. The fourth-order valence-corrected chi connectivity index (χ4v) is 1.67. The molecular formula is C11H18NO2U. The Morgan fingerprint density at radius 3 is 2.47 bits per heavy atom. The summed E-state index contributed by atoms with van der Waals surface area (Å²) in [5.41, 5.74) is 5.81. The van der Waals surface area contributed by atoms with E-state index in [1.54, 1.807) is 0 Å². The van der Waals surface area contributed by atoms with Crippen molar-refractivity contribution in [3.8, 4) is 0 Å². The summed E-state index contributed by atoms with van der Waals surface area (Å²) in [5, 5.41) is 0. The van der Waals surface area contributed by atoms with Gasteiger partial charge >= 0.3 is 31.1 Å². The first-order chi connectivity index (χ1) is 6.63. The second-order valence-corrected chi connectivity index (χ2v) is 3.89. The molecule has 1 radical (unpaired) electrons. The van der Waals surface area contributed by atoms with Gasteiger partial charge in [-0.15, -0.1) is 0 Å². The molecule has 0 aromatic rings. The van der Waals surface area contributed by atoms with E-state index in [1.165, 1.54) is 13.0 Å². The first kappa shape index (κ1) is 15.4. The van der Waals surface area contributed by atoms with Crippen LogP contribution in [-0.4, -0.2) is 13.1 Å². The molecule has 0 aromatic carbocycles. The van der Waals surface area contributed by atoms with Gasteiger partial charge in [0.25, 0.3) is 0 Å². The monoisotopic (exact) mass is 434 g/mol. The van der Waals surface area contributed by atoms with Gasteiger partial charge in [0.05, 0.1) is 7.11 Å². The molecule has 0 aliphatic heterocycles. The van der Waals surface area contributed by atoms with E-state index >= 15 is 0 Å². The summed E-state index contributed by atoms with van der Waals surface area (Å²) in [6.45, 7) is 2.07. The third kappa shape index (κ3) is 5.29. The number of nitrogens with two attached hydrogens (primary N) is 1. The summed E-state index contributed by atoms with van der Waals surface area (Å²) in [5.74, 6) is 1.99. The molecule has 1 aliphatic carbocycles. The largest absolute Gasteiger partial charge is 3.00 e. The fraction of sp³-hybridized carbons (Fsp3) is 0.636. The molecule has 0 spiro atoms. The third-order valence-electron chi connectivity index (χ3n) is 2.61. The van der Waals surface area contributed by atoms with E-state index in [2.05, 4.69) is 6.92 Å². The Hall–Kier alpha value is 0.352. The summed E-state index contributed by atoms with van der Waals surface area (Å²) in [7, 11) is 1.43. The van der Waals surface area contributed by atoms with E-state index < -0.39 is 0 Å². The van der Waals surface area contributed by atoms with Crippen LogP contribution in [-0.2, 0) is 9.53 Å². The van der Waals surface area contributed by atoms with Gasteiger partial charge < -0.3 is 22.3 Å². The van der Waals surface area contributed by atoms with E-state index in [0.29, 0.717) is 0 Å². The molecule has 1 saturated carbocycles. The minimum absolute atomic E-state index is 0. The van der Waals surface area contributed by atoms with Crippen LogP contribution in [0.4, 0.5) is 0 Å². The Bertz CT molecular complexity index is 199. The normalized spacial score (nSPS) is 20.1. The SMILES string of the molecule is COC(=O)[C-]1CC[C-](N)CC[C-](C)C1.[U+3]. The van der Waals surface area contributed by atoms with Gasteiger partial charge in [-0.2, -0.15) is 26.2 Å². The Kier molecular flexibility index (Phi) is 7.78. The van der Waals surface area contributed by atoms with Gasteiger partial charge in [-0.05, 0) is 0 Å². The van der Waals surface area contributed by atoms with Crippen LogP contribution in [0.25, 0.3) is 0 Å². The number of hydrogen-bond acceptors (Lipinski definition) is 3. The molecule has 0 aromatic heterocycles. The molecule has 4 heteroatoms. The molecule has 0 amide bonds. The number of hydrogen-bond donors (Lipinski definition) is 1. The van der Waals surface area contributed by atoms with Crippen molar-refractivity contribution in [3.63, 3.8) is 0 Å². The van der Waals surface area contributed by atoms with Gasteiger partial charge in [-0.25, -0.2) is 6.42 Å². The second kappa shape index (κ2) is 7.60. The zero-order valence-electron chi connectivity index (χ0n) is 9.43. The maximum Gasteiger partial charge on any atom is 3.00 e. The number of carbonyl (C=O) groups excluding carboxylic acids is 1. The molecule has 0 bridgehead atoms. The average molecular weight is 434 g/mol. The van der Waals surface area contributed by atoms with Crippen molar-refractivity contribution in [2.24, 2.45) is 5.73 Å². The fourth-order valence-electron chi connectivity index (χ4n) is 1.67. The van der Waals surface area contributed by atoms with Crippen LogP contribution in [0.3, 0.4) is 0 Å². The molecule has 1 fully saturated rings. The molecule has 1 rings (SSSR count). The van der Waals surface area contributed by atoms with Crippen LogP contribution in [0.1, 0.15) is 39.0 Å². The van der Waals surface area contributed by atoms with Crippen molar-refractivity contribution in [2.45, 2.75) is 39.0 Å². The molecule has 0 saturated heterocycles. The van der Waals surface area contributed by atoms with E-state index in [0.717, 1.165) is 44.1 Å². The maximum atomic E-state index is 11.4. The van der Waals surface area contributed by atoms with Crippen molar-refractivity contribution < 1.29 is 40.6 Å². The number of carbonyl (C=O) groups is 1. The molecule has 15 heavy (non-hydrogen) atoms. The number of esters is 1. The molecule has 1 aliphatic rings. The van der Waals surface area contributed by atoms with Gasteiger partial charge in [0.1, 0.15) is 0 Å². The second-order valence-electron chi connectivity index (χ2n) is 3.89. The quantitative estimate of drug-likeness (QED) is 0.506. The van der Waals surface area contributed by atoms with Crippen LogP contribution in [0.15, 0.2) is 0 Å². The number of ether oxygens (including phenoxy) is 1. The average Bonchev–Trinajstić information content (AvgIpc) is 2.17. The van der Waals surface area contributed by atoms with Crippen LogP contribution in [0, 0.1) is 49.0 Å². The summed E-state index contributed by atoms with van der Waals surface area (Å²) in [6.07, 6.45) is 4.29. The smallest absolute Gasteiger partial charge is 0.491 e. The van der Waals surface area contributed by atoms with E-state index in [9.17, 15) is 4.79 Å². The first-order valence-electron chi connectivity index (χ1n) is 4.98. The van der Waals surface area contributed by atoms with E-state index in [-0.39, 0.29) is 37.1 Å². The summed E-state index contributed by atoms with van der Waals surface area (Å²) >= 11 is 0. The Morgan fingerprint density at radius 2 is 1.87 bits per heavy atom. The molecule has 0 heterocycles. The van der Waals surface area contributed by atoms with Gasteiger partial charge in [0.15, 0.2) is 5.97 Å². The molecule has 0 atom stereocenters. The van der Waals surface area contributed by atoms with Crippen LogP contribution in [0.2, 0.25) is 0 Å². The Labute approximate surface area is 116 Å². The number of methoxy groups -OCH3 is 1. The number of rotatable bonds is 1. The van der Waals surface area contributed by atoms with Gasteiger partial charge in [-0.3, -0.25) is 17.3 Å². The topological polar surface area (TPSA) is 52.3 Å². The zero-order valence-corrected chi connectivity index (χ0v) is 13.6. The van der Waals surface area contributed by atoms with Crippen molar-refractivity contribution >= 4 is 5.97 Å².